The molecule has 2 nitrogen and oxygen atoms in total. The van der Waals surface area contributed by atoms with Crippen molar-refractivity contribution in [2.24, 2.45) is 5.41 Å². The first-order chi connectivity index (χ1) is 9.43. The maximum absolute atomic E-state index is 14.2. The average Bonchev–Trinajstić information content (AvgIpc) is 2.51. The Morgan fingerprint density at radius 1 is 1.15 bits per heavy atom. The maximum atomic E-state index is 14.2. The molecule has 0 unspecified atom stereocenters. The van der Waals surface area contributed by atoms with Gasteiger partial charge in [-0.1, -0.05) is 13.8 Å². The van der Waals surface area contributed by atoms with Crippen LogP contribution in [0.5, 0.6) is 0 Å². The highest BCUT2D eigenvalue weighted by Gasteiger charge is 2.26. The Bertz CT molecular complexity index is 449. The molecule has 1 fully saturated rings. The third kappa shape index (κ3) is 3.48. The molecule has 0 bridgehead atoms. The van der Waals surface area contributed by atoms with Crippen LogP contribution in [0.3, 0.4) is 0 Å². The summed E-state index contributed by atoms with van der Waals surface area (Å²) < 4.78 is 28.5. The van der Waals surface area contributed by atoms with Gasteiger partial charge in [0.15, 0.2) is 0 Å². The van der Waals surface area contributed by atoms with E-state index >= 15 is 0 Å². The molecule has 2 rings (SSSR count). The third-order valence-electron chi connectivity index (χ3n) is 4.11. The van der Waals surface area contributed by atoms with Crippen molar-refractivity contribution in [3.63, 3.8) is 0 Å². The van der Waals surface area contributed by atoms with Gasteiger partial charge in [0.2, 0.25) is 0 Å². The minimum atomic E-state index is -0.449. The fraction of sp³-hybridized carbons (Fsp3) is 0.625. The van der Waals surface area contributed by atoms with E-state index in [0.29, 0.717) is 18.7 Å². The van der Waals surface area contributed by atoms with E-state index in [9.17, 15) is 8.78 Å². The van der Waals surface area contributed by atoms with Gasteiger partial charge in [-0.25, -0.2) is 8.78 Å². The highest BCUT2D eigenvalue weighted by molar-refractivity contribution is 5.51. The minimum Gasteiger partial charge on any atom is -0.367 e. The van der Waals surface area contributed by atoms with Crippen molar-refractivity contribution >= 4 is 5.69 Å². The van der Waals surface area contributed by atoms with E-state index in [-0.39, 0.29) is 11.1 Å². The zero-order chi connectivity index (χ0) is 14.8. The molecule has 1 N–H and O–H groups in total. The third-order valence-corrected chi connectivity index (χ3v) is 4.11. The largest absolute Gasteiger partial charge is 0.367 e. The van der Waals surface area contributed by atoms with Crippen LogP contribution in [0.1, 0.15) is 38.7 Å². The van der Waals surface area contributed by atoms with Crippen LogP contribution >= 0.6 is 0 Å². The molecule has 0 spiro atoms. The van der Waals surface area contributed by atoms with E-state index in [1.165, 1.54) is 12.1 Å². The highest BCUT2D eigenvalue weighted by Crippen LogP contribution is 2.33. The van der Waals surface area contributed by atoms with Gasteiger partial charge in [0.25, 0.3) is 0 Å². The molecule has 1 aromatic carbocycles. The SMILES string of the molecule is CNCc1cc(F)c(N2CCCC(C)(C)CC2)c(F)c1. The zero-order valence-electron chi connectivity index (χ0n) is 12.6. The van der Waals surface area contributed by atoms with Crippen LogP contribution < -0.4 is 10.2 Å². The maximum Gasteiger partial charge on any atom is 0.149 e. The molecular weight excluding hydrogens is 258 g/mol. The Balaban J connectivity index is 2.24. The molecule has 0 amide bonds. The molecule has 1 aromatic rings. The first kappa shape index (κ1) is 15.2. The minimum absolute atomic E-state index is 0.141. The second-order valence-corrected chi connectivity index (χ2v) is 6.44. The van der Waals surface area contributed by atoms with Crippen LogP contribution in [-0.2, 0) is 6.54 Å². The van der Waals surface area contributed by atoms with Gasteiger partial charge < -0.3 is 10.2 Å². The van der Waals surface area contributed by atoms with Crippen LogP contribution in [-0.4, -0.2) is 20.1 Å². The van der Waals surface area contributed by atoms with Crippen molar-refractivity contribution in [3.05, 3.63) is 29.3 Å². The fourth-order valence-electron chi connectivity index (χ4n) is 2.87. The Kier molecular flexibility index (Phi) is 4.63. The van der Waals surface area contributed by atoms with Gasteiger partial charge in [-0.2, -0.15) is 0 Å². The molecule has 0 aromatic heterocycles. The molecule has 0 radical (unpaired) electrons. The summed E-state index contributed by atoms with van der Waals surface area (Å²) in [5, 5.41) is 2.91. The van der Waals surface area contributed by atoms with E-state index < -0.39 is 11.6 Å². The number of nitrogens with one attached hydrogen (secondary N) is 1. The van der Waals surface area contributed by atoms with Crippen molar-refractivity contribution in [1.82, 2.24) is 5.32 Å². The molecule has 20 heavy (non-hydrogen) atoms. The van der Waals surface area contributed by atoms with E-state index in [2.05, 4.69) is 19.2 Å². The van der Waals surface area contributed by atoms with Crippen LogP contribution in [0, 0.1) is 17.0 Å². The summed E-state index contributed by atoms with van der Waals surface area (Å²) >= 11 is 0. The second kappa shape index (κ2) is 6.08. The van der Waals surface area contributed by atoms with Gasteiger partial charge in [-0.05, 0) is 49.4 Å². The molecule has 0 aliphatic carbocycles. The van der Waals surface area contributed by atoms with Crippen molar-refractivity contribution in [3.8, 4) is 0 Å². The smallest absolute Gasteiger partial charge is 0.149 e. The molecular formula is C16H24F2N2. The first-order valence-electron chi connectivity index (χ1n) is 7.30. The quantitative estimate of drug-likeness (QED) is 0.909. The molecule has 0 atom stereocenters. The lowest BCUT2D eigenvalue weighted by molar-refractivity contribution is 0.325. The monoisotopic (exact) mass is 282 g/mol. The zero-order valence-corrected chi connectivity index (χ0v) is 12.6. The van der Waals surface area contributed by atoms with Gasteiger partial charge in [-0.15, -0.1) is 0 Å². The molecule has 1 heterocycles. The van der Waals surface area contributed by atoms with E-state index in [1.54, 1.807) is 7.05 Å². The van der Waals surface area contributed by atoms with E-state index in [0.717, 1.165) is 25.8 Å². The standard InChI is InChI=1S/C16H24F2N2/c1-16(2)5-4-7-20(8-6-16)15-13(17)9-12(11-19-3)10-14(15)18/h9-10,19H,4-8,11H2,1-3H3. The number of rotatable bonds is 3. The summed E-state index contributed by atoms with van der Waals surface area (Å²) in [5.41, 5.74) is 1.04. The average molecular weight is 282 g/mol. The van der Waals surface area contributed by atoms with Crippen LogP contribution in [0.15, 0.2) is 12.1 Å². The molecule has 4 heteroatoms. The second-order valence-electron chi connectivity index (χ2n) is 6.44. The number of nitrogens with zero attached hydrogens (tertiary/aromatic N) is 1. The predicted molar refractivity (Wildman–Crippen MR) is 79.0 cm³/mol. The molecule has 1 saturated heterocycles. The lowest BCUT2D eigenvalue weighted by Gasteiger charge is -2.26. The van der Waals surface area contributed by atoms with Crippen molar-refractivity contribution < 1.29 is 8.78 Å². The van der Waals surface area contributed by atoms with Gasteiger partial charge in [0.1, 0.15) is 17.3 Å². The number of hydrogen-bond donors (Lipinski definition) is 1. The summed E-state index contributed by atoms with van der Waals surface area (Å²) in [7, 11) is 1.76. The molecule has 1 aliphatic rings. The number of hydrogen-bond acceptors (Lipinski definition) is 2. The van der Waals surface area contributed by atoms with Gasteiger partial charge in [-0.3, -0.25) is 0 Å². The Morgan fingerprint density at radius 2 is 1.80 bits per heavy atom. The van der Waals surface area contributed by atoms with Crippen LogP contribution in [0.4, 0.5) is 14.5 Å². The van der Waals surface area contributed by atoms with Crippen LogP contribution in [0.2, 0.25) is 0 Å². The van der Waals surface area contributed by atoms with Gasteiger partial charge in [0.05, 0.1) is 0 Å². The normalized spacial score (nSPS) is 18.9. The van der Waals surface area contributed by atoms with Crippen molar-refractivity contribution in [2.75, 3.05) is 25.0 Å². The van der Waals surface area contributed by atoms with Gasteiger partial charge in [0, 0.05) is 19.6 Å². The fourth-order valence-corrected chi connectivity index (χ4v) is 2.87. The summed E-state index contributed by atoms with van der Waals surface area (Å²) in [5.74, 6) is -0.898. The topological polar surface area (TPSA) is 15.3 Å². The molecule has 0 saturated carbocycles. The molecule has 1 aliphatic heterocycles. The Labute approximate surface area is 120 Å². The lowest BCUT2D eigenvalue weighted by atomic mass is 9.85. The predicted octanol–water partition coefficient (Wildman–Crippen LogP) is 3.70. The Hall–Kier alpha value is -1.16. The van der Waals surface area contributed by atoms with E-state index in [4.69, 9.17) is 0 Å². The number of benzene rings is 1. The number of halogens is 2. The summed E-state index contributed by atoms with van der Waals surface area (Å²) in [6, 6.07) is 2.87. The van der Waals surface area contributed by atoms with Crippen molar-refractivity contribution in [1.29, 1.82) is 0 Å². The first-order valence-corrected chi connectivity index (χ1v) is 7.30. The van der Waals surface area contributed by atoms with Crippen molar-refractivity contribution in [2.45, 2.75) is 39.7 Å². The van der Waals surface area contributed by atoms with E-state index in [1.807, 2.05) is 4.90 Å². The van der Waals surface area contributed by atoms with Crippen LogP contribution in [0.25, 0.3) is 0 Å². The summed E-state index contributed by atoms with van der Waals surface area (Å²) in [4.78, 5) is 1.86. The van der Waals surface area contributed by atoms with Gasteiger partial charge >= 0.3 is 0 Å². The molecule has 112 valence electrons. The summed E-state index contributed by atoms with van der Waals surface area (Å²) in [6.45, 7) is 6.36. The highest BCUT2D eigenvalue weighted by atomic mass is 19.1. The Morgan fingerprint density at radius 3 is 2.40 bits per heavy atom. The summed E-state index contributed by atoms with van der Waals surface area (Å²) in [6.07, 6.45) is 3.04. The number of anilines is 1. The lowest BCUT2D eigenvalue weighted by Crippen LogP contribution is -2.27.